The Morgan fingerprint density at radius 2 is 2.04 bits per heavy atom. The van der Waals surface area contributed by atoms with E-state index in [0.717, 1.165) is 23.0 Å². The van der Waals surface area contributed by atoms with Crippen LogP contribution in [-0.2, 0) is 13.0 Å². The molecular formula is C22H23NO4. The number of aryl methyl sites for hydroxylation is 2. The Kier molecular flexibility index (Phi) is 4.38. The Hall–Kier alpha value is -2.82. The number of carboxylic acids is 1. The average Bonchev–Trinajstić information content (AvgIpc) is 3.41. The fourth-order valence-electron chi connectivity index (χ4n) is 3.71. The number of hydrogen-bond acceptors (Lipinski definition) is 3. The average molecular weight is 365 g/mol. The first-order valence-corrected chi connectivity index (χ1v) is 9.57. The van der Waals surface area contributed by atoms with Gasteiger partial charge in [-0.2, -0.15) is 0 Å². The lowest BCUT2D eigenvalue weighted by Crippen LogP contribution is -2.21. The molecule has 5 rings (SSSR count). The molecule has 1 N–H and O–H groups in total. The Morgan fingerprint density at radius 1 is 1.30 bits per heavy atom. The van der Waals surface area contributed by atoms with Crippen molar-refractivity contribution in [2.24, 2.45) is 0 Å². The molecule has 2 aromatic heterocycles. The molecule has 0 atom stereocenters. The van der Waals surface area contributed by atoms with Crippen molar-refractivity contribution in [3.05, 3.63) is 57.4 Å². The Labute approximate surface area is 157 Å². The van der Waals surface area contributed by atoms with Crippen LogP contribution in [0.3, 0.4) is 0 Å². The molecule has 0 amide bonds. The first-order valence-electron chi connectivity index (χ1n) is 9.57. The minimum absolute atomic E-state index is 0.197. The highest BCUT2D eigenvalue weighted by Gasteiger charge is 2.30. The van der Waals surface area contributed by atoms with Crippen molar-refractivity contribution in [1.82, 2.24) is 4.57 Å². The van der Waals surface area contributed by atoms with E-state index in [0.29, 0.717) is 23.9 Å². The van der Waals surface area contributed by atoms with Crippen LogP contribution >= 0.6 is 0 Å². The van der Waals surface area contributed by atoms with Crippen LogP contribution in [-0.4, -0.2) is 15.6 Å². The van der Waals surface area contributed by atoms with Crippen LogP contribution in [0.5, 0.6) is 0 Å². The molecule has 2 aliphatic rings. The van der Waals surface area contributed by atoms with Gasteiger partial charge >= 0.3 is 5.97 Å². The van der Waals surface area contributed by atoms with Crippen LogP contribution in [0.2, 0.25) is 0 Å². The van der Waals surface area contributed by atoms with E-state index < -0.39 is 11.4 Å². The molecule has 1 aliphatic heterocycles. The normalized spacial score (nSPS) is 14.9. The summed E-state index contributed by atoms with van der Waals surface area (Å²) in [7, 11) is 0. The largest absolute Gasteiger partial charge is 0.477 e. The van der Waals surface area contributed by atoms with Crippen molar-refractivity contribution in [3.63, 3.8) is 0 Å². The van der Waals surface area contributed by atoms with Crippen LogP contribution < -0.4 is 5.43 Å². The predicted molar refractivity (Wildman–Crippen MR) is 105 cm³/mol. The Balaban J connectivity index is 0.000000565. The van der Waals surface area contributed by atoms with Crippen LogP contribution in [0, 0.1) is 0 Å². The lowest BCUT2D eigenvalue weighted by atomic mass is 9.99. The molecule has 27 heavy (non-hydrogen) atoms. The molecule has 0 radical (unpaired) electrons. The summed E-state index contributed by atoms with van der Waals surface area (Å²) in [4.78, 5) is 23.3. The molecule has 1 aromatic carbocycles. The number of furan rings is 1. The molecule has 1 aliphatic carbocycles. The second-order valence-corrected chi connectivity index (χ2v) is 7.30. The number of aromatic carboxylic acids is 1. The van der Waals surface area contributed by atoms with E-state index in [-0.39, 0.29) is 5.56 Å². The molecule has 5 heteroatoms. The van der Waals surface area contributed by atoms with Crippen molar-refractivity contribution < 1.29 is 14.3 Å². The van der Waals surface area contributed by atoms with Gasteiger partial charge in [0, 0.05) is 29.8 Å². The van der Waals surface area contributed by atoms with E-state index in [9.17, 15) is 9.59 Å². The van der Waals surface area contributed by atoms with Gasteiger partial charge in [0.05, 0.1) is 5.69 Å². The number of aromatic nitrogens is 1. The number of para-hydroxylation sites is 1. The second-order valence-electron chi connectivity index (χ2n) is 7.30. The Bertz CT molecular complexity index is 1090. The van der Waals surface area contributed by atoms with Gasteiger partial charge in [-0.15, -0.1) is 0 Å². The van der Waals surface area contributed by atoms with Crippen LogP contribution in [0.1, 0.15) is 60.5 Å². The highest BCUT2D eigenvalue weighted by molar-refractivity contribution is 5.91. The van der Waals surface area contributed by atoms with Gasteiger partial charge in [-0.3, -0.25) is 4.79 Å². The summed E-state index contributed by atoms with van der Waals surface area (Å²) in [6.07, 6.45) is 5.84. The van der Waals surface area contributed by atoms with Crippen LogP contribution in [0.15, 0.2) is 39.7 Å². The standard InChI is InChI=1S/C19H15NO4.C3H8/c21-16-8-15-18-13(6-7-20(15)9-14(16)19(22)23)12-3-1-2-11(10-4-5-10)17(12)24-18;1-3-2/h1-3,8-10H,4-7H2,(H,22,23);3H2,1-2H3. The second kappa shape index (κ2) is 6.72. The number of carboxylic acid groups (broad SMARTS) is 1. The number of hydrogen-bond donors (Lipinski definition) is 1. The molecule has 1 fully saturated rings. The van der Waals surface area contributed by atoms with Gasteiger partial charge in [-0.25, -0.2) is 4.79 Å². The van der Waals surface area contributed by atoms with E-state index in [1.165, 1.54) is 37.1 Å². The third-order valence-electron chi connectivity index (χ3n) is 5.06. The molecule has 0 saturated heterocycles. The third kappa shape index (κ3) is 2.97. The number of carbonyl (C=O) groups is 1. The molecule has 3 aromatic rings. The zero-order valence-corrected chi connectivity index (χ0v) is 15.6. The fourth-order valence-corrected chi connectivity index (χ4v) is 3.71. The summed E-state index contributed by atoms with van der Waals surface area (Å²) in [5.41, 5.74) is 3.28. The Morgan fingerprint density at radius 3 is 2.70 bits per heavy atom. The fraction of sp³-hybridized carbons (Fsp3) is 0.364. The summed E-state index contributed by atoms with van der Waals surface area (Å²) in [6.45, 7) is 4.89. The molecule has 3 heterocycles. The highest BCUT2D eigenvalue weighted by atomic mass is 16.4. The molecule has 1 saturated carbocycles. The maximum atomic E-state index is 12.1. The van der Waals surface area contributed by atoms with Gasteiger partial charge < -0.3 is 14.1 Å². The molecule has 5 nitrogen and oxygen atoms in total. The molecule has 140 valence electrons. The summed E-state index contributed by atoms with van der Waals surface area (Å²) in [5.74, 6) is 0.0954. The minimum atomic E-state index is -1.19. The lowest BCUT2D eigenvalue weighted by molar-refractivity contribution is 0.0694. The topological polar surface area (TPSA) is 72.4 Å². The first kappa shape index (κ1) is 17.6. The van der Waals surface area contributed by atoms with Crippen molar-refractivity contribution >= 4 is 16.9 Å². The third-order valence-corrected chi connectivity index (χ3v) is 5.06. The molecule has 0 bridgehead atoms. The highest BCUT2D eigenvalue weighted by Crippen LogP contribution is 2.46. The molecule has 0 spiro atoms. The van der Waals surface area contributed by atoms with Gasteiger partial charge in [0.1, 0.15) is 11.1 Å². The number of nitrogens with zero attached hydrogens (tertiary/aromatic N) is 1. The maximum absolute atomic E-state index is 12.1. The SMILES string of the molecule is CCC.O=C(O)c1cn2c(cc1=O)-c1oc3c(C4CC4)cccc3c1CC2. The van der Waals surface area contributed by atoms with Gasteiger partial charge in [0.15, 0.2) is 11.2 Å². The van der Waals surface area contributed by atoms with E-state index >= 15 is 0 Å². The van der Waals surface area contributed by atoms with Crippen LogP contribution in [0.4, 0.5) is 0 Å². The van der Waals surface area contributed by atoms with Crippen molar-refractivity contribution in [2.45, 2.75) is 52.0 Å². The van der Waals surface area contributed by atoms with Crippen molar-refractivity contribution in [2.75, 3.05) is 0 Å². The minimum Gasteiger partial charge on any atom is -0.477 e. The quantitative estimate of drug-likeness (QED) is 0.707. The lowest BCUT2D eigenvalue weighted by Gasteiger charge is -2.18. The summed E-state index contributed by atoms with van der Waals surface area (Å²) < 4.78 is 8.01. The van der Waals surface area contributed by atoms with E-state index in [1.807, 2.05) is 4.57 Å². The number of pyridine rings is 1. The van der Waals surface area contributed by atoms with Gasteiger partial charge in [0.25, 0.3) is 0 Å². The zero-order chi connectivity index (χ0) is 19.1. The van der Waals surface area contributed by atoms with E-state index in [1.54, 1.807) is 0 Å². The molecular weight excluding hydrogens is 342 g/mol. The monoisotopic (exact) mass is 365 g/mol. The van der Waals surface area contributed by atoms with E-state index in [4.69, 9.17) is 9.52 Å². The summed E-state index contributed by atoms with van der Waals surface area (Å²) >= 11 is 0. The predicted octanol–water partition coefficient (Wildman–Crippen LogP) is 4.81. The first-order chi connectivity index (χ1) is 13.0. The van der Waals surface area contributed by atoms with Crippen LogP contribution in [0.25, 0.3) is 22.4 Å². The van der Waals surface area contributed by atoms with Gasteiger partial charge in [0.2, 0.25) is 0 Å². The smallest absolute Gasteiger partial charge is 0.341 e. The number of rotatable bonds is 2. The van der Waals surface area contributed by atoms with Crippen molar-refractivity contribution in [1.29, 1.82) is 0 Å². The number of benzene rings is 1. The van der Waals surface area contributed by atoms with Gasteiger partial charge in [-0.1, -0.05) is 38.5 Å². The van der Waals surface area contributed by atoms with Crippen molar-refractivity contribution in [3.8, 4) is 11.5 Å². The van der Waals surface area contributed by atoms with Gasteiger partial charge in [-0.05, 0) is 30.7 Å². The number of fused-ring (bicyclic) bond motifs is 5. The van der Waals surface area contributed by atoms with E-state index in [2.05, 4.69) is 32.0 Å². The zero-order valence-electron chi connectivity index (χ0n) is 15.6. The summed E-state index contributed by atoms with van der Waals surface area (Å²) in [5, 5.41) is 10.3. The molecule has 0 unspecified atom stereocenters. The summed E-state index contributed by atoms with van der Waals surface area (Å²) in [6, 6.07) is 7.65. The maximum Gasteiger partial charge on any atom is 0.341 e.